The van der Waals surface area contributed by atoms with Gasteiger partial charge in [-0.05, 0) is 38.1 Å². The third kappa shape index (κ3) is 4.96. The minimum Gasteiger partial charge on any atom is -0.492 e. The largest absolute Gasteiger partial charge is 0.492 e. The molecule has 0 aromatic heterocycles. The Kier molecular flexibility index (Phi) is 5.78. The maximum absolute atomic E-state index is 8.96. The van der Waals surface area contributed by atoms with E-state index >= 15 is 0 Å². The summed E-state index contributed by atoms with van der Waals surface area (Å²) in [4.78, 5) is 2.08. The predicted molar refractivity (Wildman–Crippen MR) is 69.9 cm³/mol. The van der Waals surface area contributed by atoms with Crippen molar-refractivity contribution in [2.75, 3.05) is 27.2 Å². The fourth-order valence-electron chi connectivity index (χ4n) is 1.36. The Balaban J connectivity index is 2.49. The van der Waals surface area contributed by atoms with E-state index in [0.717, 1.165) is 13.0 Å². The van der Waals surface area contributed by atoms with Gasteiger partial charge in [-0.1, -0.05) is 17.7 Å². The molecular formula is C11H17BClNO3. The van der Waals surface area contributed by atoms with Crippen LogP contribution in [0.5, 0.6) is 5.75 Å². The molecule has 1 rings (SSSR count). The second kappa shape index (κ2) is 6.86. The van der Waals surface area contributed by atoms with E-state index in [-0.39, 0.29) is 0 Å². The lowest BCUT2D eigenvalue weighted by molar-refractivity contribution is 0.282. The number of hydrogen-bond donors (Lipinski definition) is 2. The van der Waals surface area contributed by atoms with E-state index < -0.39 is 7.12 Å². The normalized spacial score (nSPS) is 10.7. The van der Waals surface area contributed by atoms with Gasteiger partial charge in [-0.3, -0.25) is 0 Å². The Bertz CT molecular complexity index is 361. The minimum atomic E-state index is -1.50. The van der Waals surface area contributed by atoms with Gasteiger partial charge in [-0.15, -0.1) is 0 Å². The summed E-state index contributed by atoms with van der Waals surface area (Å²) in [6.45, 7) is 1.53. The zero-order valence-corrected chi connectivity index (χ0v) is 10.8. The fourth-order valence-corrected chi connectivity index (χ4v) is 1.60. The zero-order chi connectivity index (χ0) is 12.8. The van der Waals surface area contributed by atoms with E-state index in [1.54, 1.807) is 12.1 Å². The summed E-state index contributed by atoms with van der Waals surface area (Å²) >= 11 is 5.96. The van der Waals surface area contributed by atoms with Crippen LogP contribution in [0.4, 0.5) is 0 Å². The first kappa shape index (κ1) is 14.3. The quantitative estimate of drug-likeness (QED) is 0.570. The summed E-state index contributed by atoms with van der Waals surface area (Å²) in [7, 11) is 2.50. The molecule has 94 valence electrons. The summed E-state index contributed by atoms with van der Waals surface area (Å²) in [5.74, 6) is 0.565. The lowest BCUT2D eigenvalue weighted by Crippen LogP contribution is -2.29. The molecule has 4 nitrogen and oxygen atoms in total. The van der Waals surface area contributed by atoms with Gasteiger partial charge in [0.1, 0.15) is 5.75 Å². The first-order valence-corrected chi connectivity index (χ1v) is 5.81. The Morgan fingerprint density at radius 2 is 2.06 bits per heavy atom. The first-order valence-electron chi connectivity index (χ1n) is 5.44. The van der Waals surface area contributed by atoms with Gasteiger partial charge >= 0.3 is 7.12 Å². The topological polar surface area (TPSA) is 52.9 Å². The second-order valence-corrected chi connectivity index (χ2v) is 4.48. The van der Waals surface area contributed by atoms with Crippen LogP contribution in [0.1, 0.15) is 6.42 Å². The molecule has 0 aliphatic rings. The molecular weight excluding hydrogens is 240 g/mol. The van der Waals surface area contributed by atoms with Crippen LogP contribution in [-0.2, 0) is 0 Å². The number of hydrogen-bond acceptors (Lipinski definition) is 4. The van der Waals surface area contributed by atoms with Crippen molar-refractivity contribution in [1.29, 1.82) is 0 Å². The number of halogens is 1. The maximum atomic E-state index is 8.96. The van der Waals surface area contributed by atoms with E-state index in [0.29, 0.717) is 22.8 Å². The number of nitrogens with zero attached hydrogens (tertiary/aromatic N) is 1. The molecule has 0 unspecified atom stereocenters. The highest BCUT2D eigenvalue weighted by molar-refractivity contribution is 6.59. The average molecular weight is 258 g/mol. The standard InChI is InChI=1S/C11H17BClNO3/c1-14(2)6-3-7-17-11-5-4-9(12(15)16)8-10(11)13/h4-5,8,15-16H,3,6-7H2,1-2H3. The third-order valence-corrected chi connectivity index (χ3v) is 2.56. The van der Waals surface area contributed by atoms with E-state index in [1.165, 1.54) is 6.07 Å². The highest BCUT2D eigenvalue weighted by Crippen LogP contribution is 2.22. The highest BCUT2D eigenvalue weighted by atomic mass is 35.5. The third-order valence-electron chi connectivity index (χ3n) is 2.26. The predicted octanol–water partition coefficient (Wildman–Crippen LogP) is 0.350. The van der Waals surface area contributed by atoms with Gasteiger partial charge in [-0.25, -0.2) is 0 Å². The van der Waals surface area contributed by atoms with Gasteiger partial charge in [0.05, 0.1) is 11.6 Å². The van der Waals surface area contributed by atoms with Crippen molar-refractivity contribution in [2.45, 2.75) is 6.42 Å². The number of benzene rings is 1. The van der Waals surface area contributed by atoms with E-state index in [9.17, 15) is 0 Å². The van der Waals surface area contributed by atoms with E-state index in [2.05, 4.69) is 4.90 Å². The van der Waals surface area contributed by atoms with Crippen molar-refractivity contribution in [3.8, 4) is 5.75 Å². The number of rotatable bonds is 6. The zero-order valence-electron chi connectivity index (χ0n) is 10.1. The lowest BCUT2D eigenvalue weighted by atomic mass is 9.80. The Morgan fingerprint density at radius 1 is 1.35 bits per heavy atom. The maximum Gasteiger partial charge on any atom is 0.488 e. The van der Waals surface area contributed by atoms with Crippen LogP contribution < -0.4 is 10.2 Å². The van der Waals surface area contributed by atoms with Crippen LogP contribution in [-0.4, -0.2) is 49.3 Å². The molecule has 0 atom stereocenters. The van der Waals surface area contributed by atoms with Crippen molar-refractivity contribution >= 4 is 24.2 Å². The summed E-state index contributed by atoms with van der Waals surface area (Å²) < 4.78 is 5.50. The van der Waals surface area contributed by atoms with Crippen LogP contribution in [0, 0.1) is 0 Å². The molecule has 0 saturated carbocycles. The summed E-state index contributed by atoms with van der Waals surface area (Å²) in [6, 6.07) is 4.72. The summed E-state index contributed by atoms with van der Waals surface area (Å²) in [5, 5.41) is 18.3. The van der Waals surface area contributed by atoms with Gasteiger partial charge in [0.15, 0.2) is 0 Å². The molecule has 0 fully saturated rings. The van der Waals surface area contributed by atoms with Crippen LogP contribution in [0.15, 0.2) is 18.2 Å². The van der Waals surface area contributed by atoms with Crippen molar-refractivity contribution in [1.82, 2.24) is 4.90 Å². The van der Waals surface area contributed by atoms with Crippen molar-refractivity contribution < 1.29 is 14.8 Å². The van der Waals surface area contributed by atoms with Crippen LogP contribution in [0.3, 0.4) is 0 Å². The van der Waals surface area contributed by atoms with Crippen molar-refractivity contribution in [2.24, 2.45) is 0 Å². The molecule has 0 spiro atoms. The van der Waals surface area contributed by atoms with Crippen LogP contribution in [0.2, 0.25) is 5.02 Å². The highest BCUT2D eigenvalue weighted by Gasteiger charge is 2.13. The first-order chi connectivity index (χ1) is 8.00. The fraction of sp³-hybridized carbons (Fsp3) is 0.455. The van der Waals surface area contributed by atoms with Crippen molar-refractivity contribution in [3.63, 3.8) is 0 Å². The molecule has 0 radical (unpaired) electrons. The molecule has 1 aromatic rings. The molecule has 0 bridgehead atoms. The molecule has 0 aliphatic heterocycles. The number of ether oxygens (including phenoxy) is 1. The Hall–Kier alpha value is -0.745. The molecule has 6 heteroatoms. The molecule has 0 heterocycles. The smallest absolute Gasteiger partial charge is 0.488 e. The summed E-state index contributed by atoms with van der Waals surface area (Å²) in [6.07, 6.45) is 0.910. The van der Waals surface area contributed by atoms with Gasteiger partial charge in [0.25, 0.3) is 0 Å². The van der Waals surface area contributed by atoms with Crippen molar-refractivity contribution in [3.05, 3.63) is 23.2 Å². The second-order valence-electron chi connectivity index (χ2n) is 4.07. The van der Waals surface area contributed by atoms with Crippen LogP contribution >= 0.6 is 11.6 Å². The van der Waals surface area contributed by atoms with Crippen LogP contribution in [0.25, 0.3) is 0 Å². The van der Waals surface area contributed by atoms with Gasteiger partial charge in [0.2, 0.25) is 0 Å². The molecule has 0 amide bonds. The minimum absolute atomic E-state index is 0.357. The Labute approximate surface area is 107 Å². The molecule has 2 N–H and O–H groups in total. The SMILES string of the molecule is CN(C)CCCOc1ccc(B(O)O)cc1Cl. The monoisotopic (exact) mass is 257 g/mol. The molecule has 0 aliphatic carbocycles. The lowest BCUT2D eigenvalue weighted by Gasteiger charge is -2.11. The van der Waals surface area contributed by atoms with Gasteiger partial charge in [0, 0.05) is 6.54 Å². The molecule has 1 aromatic carbocycles. The van der Waals surface area contributed by atoms with E-state index in [1.807, 2.05) is 14.1 Å². The molecule has 0 saturated heterocycles. The van der Waals surface area contributed by atoms with Gasteiger partial charge in [-0.2, -0.15) is 0 Å². The summed E-state index contributed by atoms with van der Waals surface area (Å²) in [5.41, 5.74) is 0.357. The van der Waals surface area contributed by atoms with E-state index in [4.69, 9.17) is 26.4 Å². The van der Waals surface area contributed by atoms with Gasteiger partial charge < -0.3 is 19.7 Å². The Morgan fingerprint density at radius 3 is 2.59 bits per heavy atom. The average Bonchev–Trinajstić information content (AvgIpc) is 2.25. The molecule has 17 heavy (non-hydrogen) atoms.